The van der Waals surface area contributed by atoms with E-state index in [4.69, 9.17) is 17.3 Å². The van der Waals surface area contributed by atoms with Crippen LogP contribution >= 0.6 is 11.6 Å². The van der Waals surface area contributed by atoms with Gasteiger partial charge in [0.15, 0.2) is 0 Å². The van der Waals surface area contributed by atoms with E-state index in [-0.39, 0.29) is 41.4 Å². The number of hydrogen-bond acceptors (Lipinski definition) is 4. The van der Waals surface area contributed by atoms with Crippen LogP contribution in [0.4, 0.5) is 22.4 Å². The normalized spacial score (nSPS) is 25.9. The molecule has 0 aromatic heterocycles. The summed E-state index contributed by atoms with van der Waals surface area (Å²) in [5, 5.41) is 7.91. The molecular weight excluding hydrogens is 558 g/mol. The molecule has 14 heteroatoms. The molecule has 9 nitrogen and oxygen atoms in total. The third-order valence-electron chi connectivity index (χ3n) is 6.39. The zero-order chi connectivity index (χ0) is 29.1. The molecule has 5 amide bonds. The Morgan fingerprint density at radius 1 is 1.20 bits per heavy atom. The molecule has 5 N–H and O–H groups in total. The van der Waals surface area contributed by atoms with Crippen LogP contribution in [0.5, 0.6) is 0 Å². The number of allylic oxidation sites excluding steroid dienone is 3. The molecule has 1 aromatic carbocycles. The number of hydrogen-bond donors (Lipinski definition) is 4. The lowest BCUT2D eigenvalue weighted by Crippen LogP contribution is -2.52. The summed E-state index contributed by atoms with van der Waals surface area (Å²) < 4.78 is 54.7. The van der Waals surface area contributed by atoms with E-state index < -0.39 is 71.8 Å². The predicted octanol–water partition coefficient (Wildman–Crippen LogP) is 3.07. The first-order valence-electron chi connectivity index (χ1n) is 12.1. The molecule has 3 aliphatic rings. The molecule has 4 rings (SSSR count). The van der Waals surface area contributed by atoms with Crippen LogP contribution in [0.25, 0.3) is 0 Å². The highest BCUT2D eigenvalue weighted by atomic mass is 35.5. The first-order valence-corrected chi connectivity index (χ1v) is 12.5. The topological polar surface area (TPSA) is 134 Å². The summed E-state index contributed by atoms with van der Waals surface area (Å²) in [5.74, 6) is -4.09. The smallest absolute Gasteiger partial charge is 0.322 e. The maximum atomic E-state index is 14.2. The van der Waals surface area contributed by atoms with Gasteiger partial charge in [-0.05, 0) is 42.3 Å². The number of nitrogens with zero attached hydrogens (tertiary/aromatic N) is 1. The molecule has 2 heterocycles. The minimum absolute atomic E-state index is 0.0240. The van der Waals surface area contributed by atoms with Crippen molar-refractivity contribution < 1.29 is 36.7 Å². The van der Waals surface area contributed by atoms with Gasteiger partial charge in [-0.1, -0.05) is 17.7 Å². The molecular formula is C26H24ClF4N5O4. The molecule has 1 fully saturated rings. The fraction of sp³-hybridized carbons (Fsp3) is 0.308. The molecule has 0 spiro atoms. The summed E-state index contributed by atoms with van der Waals surface area (Å²) in [7, 11) is 0. The number of fused-ring (bicyclic) bond motifs is 1. The molecule has 3 unspecified atom stereocenters. The summed E-state index contributed by atoms with van der Waals surface area (Å²) in [4.78, 5) is 51.1. The van der Waals surface area contributed by atoms with Gasteiger partial charge in [0.05, 0.1) is 6.04 Å². The van der Waals surface area contributed by atoms with Crippen molar-refractivity contribution in [1.82, 2.24) is 20.9 Å². The van der Waals surface area contributed by atoms with E-state index in [9.17, 15) is 36.7 Å². The first-order chi connectivity index (χ1) is 18.9. The number of halogens is 5. The second-order valence-electron chi connectivity index (χ2n) is 9.41. The van der Waals surface area contributed by atoms with Crippen LogP contribution < -0.4 is 21.7 Å². The molecule has 0 bridgehead atoms. The van der Waals surface area contributed by atoms with E-state index in [0.717, 1.165) is 23.1 Å². The number of rotatable bonds is 6. The van der Waals surface area contributed by atoms with E-state index >= 15 is 0 Å². The summed E-state index contributed by atoms with van der Waals surface area (Å²) in [6.07, 6.45) is 0.738. The van der Waals surface area contributed by atoms with Gasteiger partial charge in [-0.3, -0.25) is 14.4 Å². The third-order valence-corrected chi connectivity index (χ3v) is 6.76. The summed E-state index contributed by atoms with van der Waals surface area (Å²) in [5.41, 5.74) is 4.64. The van der Waals surface area contributed by atoms with Crippen molar-refractivity contribution in [3.05, 3.63) is 81.4 Å². The van der Waals surface area contributed by atoms with Crippen LogP contribution in [-0.4, -0.2) is 54.0 Å². The molecule has 3 atom stereocenters. The van der Waals surface area contributed by atoms with Crippen molar-refractivity contribution in [2.45, 2.75) is 31.5 Å². The second kappa shape index (κ2) is 11.9. The van der Waals surface area contributed by atoms with Gasteiger partial charge in [0, 0.05) is 52.5 Å². The molecule has 212 valence electrons. The van der Waals surface area contributed by atoms with Crippen LogP contribution in [-0.2, 0) is 9.59 Å². The maximum absolute atomic E-state index is 14.2. The van der Waals surface area contributed by atoms with Crippen molar-refractivity contribution in [2.75, 3.05) is 13.1 Å². The monoisotopic (exact) mass is 581 g/mol. The van der Waals surface area contributed by atoms with Gasteiger partial charge in [-0.2, -0.15) is 0 Å². The number of nitrogens with one attached hydrogen (secondary N) is 3. The summed E-state index contributed by atoms with van der Waals surface area (Å²) in [6, 6.07) is 0.506. The zero-order valence-electron chi connectivity index (χ0n) is 20.7. The predicted molar refractivity (Wildman–Crippen MR) is 136 cm³/mol. The Bertz CT molecular complexity index is 1380. The second-order valence-corrected chi connectivity index (χ2v) is 9.82. The lowest BCUT2D eigenvalue weighted by atomic mass is 9.94. The first kappa shape index (κ1) is 28.9. The Morgan fingerprint density at radius 3 is 2.65 bits per heavy atom. The standard InChI is InChI=1S/C26H24ClF4N5O4/c27-19-2-1-15(28)7-18(19)21-8-17(33-25(39)13-3-12(24(30)31)4-16(29)5-13)6-14-10-36(11-22(32)37)26(40)35-20(14)9-23(38)34-21/h2-5,7-9,14-15,21,24H,1,6,10-11H2,(H2,32,37)(H,33,39)(H,34,38)(H,35,40)/b17-8-,20-9-. The van der Waals surface area contributed by atoms with Crippen LogP contribution in [0.2, 0.25) is 0 Å². The maximum Gasteiger partial charge on any atom is 0.322 e. The van der Waals surface area contributed by atoms with Crippen molar-refractivity contribution in [3.8, 4) is 0 Å². The van der Waals surface area contributed by atoms with Crippen LogP contribution in [0.3, 0.4) is 0 Å². The molecule has 2 aliphatic heterocycles. The summed E-state index contributed by atoms with van der Waals surface area (Å²) in [6.45, 7) is -0.488. The zero-order valence-corrected chi connectivity index (χ0v) is 21.5. The molecule has 1 saturated heterocycles. The van der Waals surface area contributed by atoms with Crippen LogP contribution in [0, 0.1) is 11.7 Å². The van der Waals surface area contributed by atoms with Crippen molar-refractivity contribution in [1.29, 1.82) is 0 Å². The van der Waals surface area contributed by atoms with Crippen LogP contribution in [0.1, 0.15) is 35.2 Å². The highest BCUT2D eigenvalue weighted by Gasteiger charge is 2.33. The Hall–Kier alpha value is -4.13. The Kier molecular flexibility index (Phi) is 8.62. The van der Waals surface area contributed by atoms with E-state index in [1.807, 2.05) is 0 Å². The number of carbonyl (C=O) groups excluding carboxylic acids is 4. The van der Waals surface area contributed by atoms with Gasteiger partial charge in [-0.15, -0.1) is 0 Å². The minimum atomic E-state index is -3.03. The lowest BCUT2D eigenvalue weighted by Gasteiger charge is -2.34. The number of benzene rings is 1. The highest BCUT2D eigenvalue weighted by Crippen LogP contribution is 2.30. The number of nitrogens with two attached hydrogens (primary N) is 1. The van der Waals surface area contributed by atoms with Crippen molar-refractivity contribution >= 4 is 35.4 Å². The van der Waals surface area contributed by atoms with Gasteiger partial charge in [0.25, 0.3) is 12.3 Å². The fourth-order valence-corrected chi connectivity index (χ4v) is 4.86. The van der Waals surface area contributed by atoms with E-state index in [1.54, 1.807) is 0 Å². The number of urea groups is 1. The van der Waals surface area contributed by atoms with Crippen molar-refractivity contribution in [3.63, 3.8) is 0 Å². The Labute approximate surface area is 230 Å². The lowest BCUT2D eigenvalue weighted by molar-refractivity contribution is -0.119. The Balaban J connectivity index is 1.74. The minimum Gasteiger partial charge on any atom is -0.368 e. The number of carbonyl (C=O) groups is 4. The van der Waals surface area contributed by atoms with Gasteiger partial charge in [-0.25, -0.2) is 22.4 Å². The highest BCUT2D eigenvalue weighted by molar-refractivity contribution is 6.32. The number of primary amides is 1. The SMILES string of the molecule is NC(=O)CN1CC2C/C(NC(=O)c3cc(F)cc(C(F)F)c3)=C/C(C3=CC(F)CC=C3Cl)NC(=O)/C=C/2NC1=O. The van der Waals surface area contributed by atoms with E-state index in [0.29, 0.717) is 6.07 Å². The summed E-state index contributed by atoms with van der Waals surface area (Å²) >= 11 is 6.31. The molecule has 1 aliphatic carbocycles. The van der Waals surface area contributed by atoms with Gasteiger partial charge in [0.2, 0.25) is 11.8 Å². The molecule has 1 aromatic rings. The molecule has 40 heavy (non-hydrogen) atoms. The van der Waals surface area contributed by atoms with Crippen molar-refractivity contribution in [2.24, 2.45) is 11.7 Å². The van der Waals surface area contributed by atoms with Crippen LogP contribution in [0.15, 0.2) is 64.5 Å². The number of alkyl halides is 3. The third kappa shape index (κ3) is 6.89. The molecule has 0 saturated carbocycles. The number of amides is 5. The van der Waals surface area contributed by atoms with Gasteiger partial charge >= 0.3 is 6.03 Å². The average Bonchev–Trinajstić information content (AvgIpc) is 2.92. The Morgan fingerprint density at radius 2 is 1.95 bits per heavy atom. The largest absolute Gasteiger partial charge is 0.368 e. The van der Waals surface area contributed by atoms with Gasteiger partial charge < -0.3 is 26.6 Å². The molecule has 0 radical (unpaired) electrons. The average molecular weight is 582 g/mol. The van der Waals surface area contributed by atoms with E-state index in [2.05, 4.69) is 16.0 Å². The van der Waals surface area contributed by atoms with Gasteiger partial charge in [0.1, 0.15) is 18.5 Å². The fourth-order valence-electron chi connectivity index (χ4n) is 4.59. The quantitative estimate of drug-likeness (QED) is 0.384. The van der Waals surface area contributed by atoms with E-state index in [1.165, 1.54) is 18.2 Å².